The van der Waals surface area contributed by atoms with E-state index in [9.17, 15) is 4.79 Å². The van der Waals surface area contributed by atoms with Crippen LogP contribution >= 0.6 is 0 Å². The average molecular weight is 346 g/mol. The number of H-pyrrole nitrogens is 2. The Kier molecular flexibility index (Phi) is 3.96. The Bertz CT molecular complexity index is 1130. The van der Waals surface area contributed by atoms with Gasteiger partial charge in [0.2, 0.25) is 0 Å². The van der Waals surface area contributed by atoms with Crippen LogP contribution in [-0.4, -0.2) is 24.9 Å². The van der Waals surface area contributed by atoms with Gasteiger partial charge in [-0.15, -0.1) is 0 Å². The summed E-state index contributed by atoms with van der Waals surface area (Å²) in [6.07, 6.45) is 3.48. The largest absolute Gasteiger partial charge is 0.366 e. The molecule has 0 spiro atoms. The van der Waals surface area contributed by atoms with E-state index in [-0.39, 0.29) is 5.69 Å². The summed E-state index contributed by atoms with van der Waals surface area (Å²) in [5, 5.41) is 3.38. The van der Waals surface area contributed by atoms with Crippen molar-refractivity contribution in [2.45, 2.75) is 20.4 Å². The number of anilines is 1. The van der Waals surface area contributed by atoms with Crippen LogP contribution in [0.1, 0.15) is 16.8 Å². The molecule has 26 heavy (non-hydrogen) atoms. The fraction of sp³-hybridized carbons (Fsp3) is 0.158. The third-order valence-electron chi connectivity index (χ3n) is 4.35. The van der Waals surface area contributed by atoms with Crippen molar-refractivity contribution < 1.29 is 0 Å². The predicted molar refractivity (Wildman–Crippen MR) is 101 cm³/mol. The first kappa shape index (κ1) is 16.0. The summed E-state index contributed by atoms with van der Waals surface area (Å²) in [6, 6.07) is 9.63. The number of fused-ring (bicyclic) bond motifs is 1. The number of imidazole rings is 1. The lowest BCUT2D eigenvalue weighted by atomic mass is 10.2. The van der Waals surface area contributed by atoms with Gasteiger partial charge in [-0.3, -0.25) is 4.98 Å². The molecule has 7 nitrogen and oxygen atoms in total. The first-order valence-electron chi connectivity index (χ1n) is 8.30. The molecule has 0 aliphatic carbocycles. The molecule has 0 saturated heterocycles. The minimum Gasteiger partial charge on any atom is -0.366 e. The zero-order chi connectivity index (χ0) is 18.1. The fourth-order valence-corrected chi connectivity index (χ4v) is 2.80. The van der Waals surface area contributed by atoms with E-state index in [0.29, 0.717) is 12.4 Å². The molecular formula is C19H18N6O. The van der Waals surface area contributed by atoms with Crippen LogP contribution < -0.4 is 11.0 Å². The number of rotatable bonds is 4. The number of aromatic nitrogens is 5. The van der Waals surface area contributed by atoms with Crippen molar-refractivity contribution in [3.63, 3.8) is 0 Å². The van der Waals surface area contributed by atoms with Crippen molar-refractivity contribution >= 4 is 16.9 Å². The molecule has 130 valence electrons. The molecule has 0 radical (unpaired) electrons. The zero-order valence-corrected chi connectivity index (χ0v) is 14.5. The standard InChI is InChI=1S/C19H18N6O/c1-11-12(2)22-18(14-4-3-7-20-10-14)25-17(11)21-9-13-5-6-15-16(8-13)24-19(26)23-15/h3-8,10H,9H2,1-2H3,(H,21,22,25)(H2,23,24,26). The van der Waals surface area contributed by atoms with Crippen molar-refractivity contribution in [3.05, 3.63) is 70.0 Å². The van der Waals surface area contributed by atoms with E-state index in [2.05, 4.69) is 30.2 Å². The maximum Gasteiger partial charge on any atom is 0.323 e. The smallest absolute Gasteiger partial charge is 0.323 e. The molecular weight excluding hydrogens is 328 g/mol. The molecule has 0 aliphatic heterocycles. The second-order valence-electron chi connectivity index (χ2n) is 6.16. The molecule has 3 N–H and O–H groups in total. The Morgan fingerprint density at radius 2 is 1.92 bits per heavy atom. The summed E-state index contributed by atoms with van der Waals surface area (Å²) in [5.41, 5.74) is 5.25. The van der Waals surface area contributed by atoms with Gasteiger partial charge in [-0.25, -0.2) is 14.8 Å². The molecule has 0 atom stereocenters. The SMILES string of the molecule is Cc1nc(-c2cccnc2)nc(NCc2ccc3[nH]c(=O)[nH]c3c2)c1C. The molecule has 0 unspecified atom stereocenters. The number of nitrogens with one attached hydrogen (secondary N) is 3. The van der Waals surface area contributed by atoms with Crippen LogP contribution in [0.25, 0.3) is 22.4 Å². The molecule has 0 amide bonds. The monoisotopic (exact) mass is 346 g/mol. The van der Waals surface area contributed by atoms with Crippen molar-refractivity contribution in [2.75, 3.05) is 5.32 Å². The summed E-state index contributed by atoms with van der Waals surface area (Å²) in [6.45, 7) is 4.56. The summed E-state index contributed by atoms with van der Waals surface area (Å²) in [4.78, 5) is 30.3. The molecule has 3 heterocycles. The van der Waals surface area contributed by atoms with Crippen molar-refractivity contribution in [3.8, 4) is 11.4 Å². The maximum atomic E-state index is 11.4. The van der Waals surface area contributed by atoms with Gasteiger partial charge in [0, 0.05) is 35.8 Å². The number of pyridine rings is 1. The second-order valence-corrected chi connectivity index (χ2v) is 6.16. The van der Waals surface area contributed by atoms with E-state index >= 15 is 0 Å². The highest BCUT2D eigenvalue weighted by molar-refractivity contribution is 5.75. The average Bonchev–Trinajstić information content (AvgIpc) is 3.02. The summed E-state index contributed by atoms with van der Waals surface area (Å²) < 4.78 is 0. The highest BCUT2D eigenvalue weighted by Crippen LogP contribution is 2.22. The van der Waals surface area contributed by atoms with E-state index in [0.717, 1.165) is 39.2 Å². The van der Waals surface area contributed by atoms with Crippen LogP contribution in [-0.2, 0) is 6.54 Å². The molecule has 0 saturated carbocycles. The van der Waals surface area contributed by atoms with E-state index in [4.69, 9.17) is 0 Å². The van der Waals surface area contributed by atoms with Crippen LogP contribution in [0, 0.1) is 13.8 Å². The highest BCUT2D eigenvalue weighted by atomic mass is 16.1. The van der Waals surface area contributed by atoms with Crippen LogP contribution in [0.4, 0.5) is 5.82 Å². The molecule has 1 aromatic carbocycles. The molecule has 0 aliphatic rings. The normalized spacial score (nSPS) is 11.0. The first-order chi connectivity index (χ1) is 12.6. The lowest BCUT2D eigenvalue weighted by molar-refractivity contribution is 1.03. The minimum atomic E-state index is -0.200. The van der Waals surface area contributed by atoms with Gasteiger partial charge in [-0.2, -0.15) is 0 Å². The van der Waals surface area contributed by atoms with Gasteiger partial charge in [0.05, 0.1) is 11.0 Å². The Hall–Kier alpha value is -3.48. The first-order valence-corrected chi connectivity index (χ1v) is 8.30. The highest BCUT2D eigenvalue weighted by Gasteiger charge is 2.10. The third kappa shape index (κ3) is 3.06. The topological polar surface area (TPSA) is 99.3 Å². The van der Waals surface area contributed by atoms with Gasteiger partial charge in [0.1, 0.15) is 5.82 Å². The number of benzene rings is 1. The lowest BCUT2D eigenvalue weighted by Crippen LogP contribution is -2.07. The lowest BCUT2D eigenvalue weighted by Gasteiger charge is -2.12. The van der Waals surface area contributed by atoms with Gasteiger partial charge in [-0.1, -0.05) is 6.07 Å². The van der Waals surface area contributed by atoms with Gasteiger partial charge >= 0.3 is 5.69 Å². The molecule has 7 heteroatoms. The van der Waals surface area contributed by atoms with Crippen LogP contribution in [0.3, 0.4) is 0 Å². The molecule has 4 rings (SSSR count). The molecule has 0 fully saturated rings. The van der Waals surface area contributed by atoms with Crippen LogP contribution in [0.15, 0.2) is 47.5 Å². The van der Waals surface area contributed by atoms with E-state index in [1.807, 2.05) is 44.2 Å². The van der Waals surface area contributed by atoms with Crippen LogP contribution in [0.2, 0.25) is 0 Å². The second kappa shape index (κ2) is 6.44. The number of hydrogen-bond acceptors (Lipinski definition) is 5. The molecule has 4 aromatic rings. The van der Waals surface area contributed by atoms with Crippen molar-refractivity contribution in [2.24, 2.45) is 0 Å². The quantitative estimate of drug-likeness (QED) is 0.528. The van der Waals surface area contributed by atoms with Gasteiger partial charge in [0.15, 0.2) is 5.82 Å². The third-order valence-corrected chi connectivity index (χ3v) is 4.35. The summed E-state index contributed by atoms with van der Waals surface area (Å²) in [5.74, 6) is 1.44. The van der Waals surface area contributed by atoms with Gasteiger partial charge in [-0.05, 0) is 43.7 Å². The minimum absolute atomic E-state index is 0.200. The van der Waals surface area contributed by atoms with Gasteiger partial charge in [0.25, 0.3) is 0 Å². The maximum absolute atomic E-state index is 11.4. The fourth-order valence-electron chi connectivity index (χ4n) is 2.80. The van der Waals surface area contributed by atoms with E-state index < -0.39 is 0 Å². The number of nitrogens with zero attached hydrogens (tertiary/aromatic N) is 3. The summed E-state index contributed by atoms with van der Waals surface area (Å²) in [7, 11) is 0. The number of aromatic amines is 2. The summed E-state index contributed by atoms with van der Waals surface area (Å²) >= 11 is 0. The Morgan fingerprint density at radius 3 is 2.73 bits per heavy atom. The zero-order valence-electron chi connectivity index (χ0n) is 14.5. The predicted octanol–water partition coefficient (Wildman–Crippen LogP) is 2.94. The number of hydrogen-bond donors (Lipinski definition) is 3. The molecule has 3 aromatic heterocycles. The van der Waals surface area contributed by atoms with Crippen molar-refractivity contribution in [1.29, 1.82) is 0 Å². The number of aryl methyl sites for hydroxylation is 1. The Morgan fingerprint density at radius 1 is 1.08 bits per heavy atom. The molecule has 0 bridgehead atoms. The Labute approximate surface area is 149 Å². The van der Waals surface area contributed by atoms with Crippen LogP contribution in [0.5, 0.6) is 0 Å². The van der Waals surface area contributed by atoms with E-state index in [1.165, 1.54) is 0 Å². The van der Waals surface area contributed by atoms with E-state index in [1.54, 1.807) is 12.4 Å². The van der Waals surface area contributed by atoms with Gasteiger partial charge < -0.3 is 15.3 Å². The van der Waals surface area contributed by atoms with Crippen molar-refractivity contribution in [1.82, 2.24) is 24.9 Å². The Balaban J connectivity index is 1.62.